The highest BCUT2D eigenvalue weighted by Gasteiger charge is 2.15. The van der Waals surface area contributed by atoms with Gasteiger partial charge in [0, 0.05) is 5.02 Å². The number of hydrogen-bond donors (Lipinski definition) is 1. The molecule has 6 heteroatoms. The van der Waals surface area contributed by atoms with Crippen LogP contribution in [0.1, 0.15) is 5.56 Å². The van der Waals surface area contributed by atoms with Crippen LogP contribution < -0.4 is 5.73 Å². The van der Waals surface area contributed by atoms with Crippen LogP contribution in [0.25, 0.3) is 16.7 Å². The summed E-state index contributed by atoms with van der Waals surface area (Å²) in [6.45, 7) is 0. The highest BCUT2D eigenvalue weighted by atomic mass is 35.5. The molecule has 0 radical (unpaired) electrons. The first kappa shape index (κ1) is 12.8. The van der Waals surface area contributed by atoms with Gasteiger partial charge in [-0.15, -0.1) is 0 Å². The number of nitriles is 1. The number of imidazole rings is 1. The van der Waals surface area contributed by atoms with E-state index >= 15 is 0 Å². The van der Waals surface area contributed by atoms with Gasteiger partial charge in [0.05, 0.1) is 27.3 Å². The van der Waals surface area contributed by atoms with Gasteiger partial charge in [0.25, 0.3) is 0 Å². The van der Waals surface area contributed by atoms with Crippen LogP contribution in [-0.2, 0) is 0 Å². The average Bonchev–Trinajstić information content (AvgIpc) is 2.76. The van der Waals surface area contributed by atoms with E-state index in [0.717, 1.165) is 0 Å². The summed E-state index contributed by atoms with van der Waals surface area (Å²) in [5.41, 5.74) is 8.30. The maximum absolute atomic E-state index is 9.24. The Morgan fingerprint density at radius 1 is 1.20 bits per heavy atom. The Hall–Kier alpha value is -2.22. The highest BCUT2D eigenvalue weighted by molar-refractivity contribution is 6.35. The largest absolute Gasteiger partial charge is 0.369 e. The van der Waals surface area contributed by atoms with Crippen LogP contribution in [0.5, 0.6) is 0 Å². The summed E-state index contributed by atoms with van der Waals surface area (Å²) in [5.74, 6) is 0.256. The van der Waals surface area contributed by atoms with Crippen molar-refractivity contribution in [3.8, 4) is 11.8 Å². The van der Waals surface area contributed by atoms with E-state index < -0.39 is 0 Å². The molecular formula is C14H8Cl2N4. The fourth-order valence-corrected chi connectivity index (χ4v) is 2.55. The van der Waals surface area contributed by atoms with Gasteiger partial charge in [-0.25, -0.2) is 4.98 Å². The quantitative estimate of drug-likeness (QED) is 0.743. The summed E-state index contributed by atoms with van der Waals surface area (Å²) in [6, 6.07) is 12.4. The molecule has 0 saturated carbocycles. The van der Waals surface area contributed by atoms with E-state index in [1.165, 1.54) is 0 Å². The summed E-state index contributed by atoms with van der Waals surface area (Å²) in [4.78, 5) is 4.26. The lowest BCUT2D eigenvalue weighted by molar-refractivity contribution is 1.10. The number of rotatable bonds is 1. The minimum Gasteiger partial charge on any atom is -0.369 e. The van der Waals surface area contributed by atoms with Crippen LogP contribution in [0.4, 0.5) is 5.95 Å². The summed E-state index contributed by atoms with van der Waals surface area (Å²) in [6.07, 6.45) is 0. The number of nitrogens with two attached hydrogens (primary N) is 1. The molecule has 0 atom stereocenters. The number of para-hydroxylation sites is 1. The van der Waals surface area contributed by atoms with Gasteiger partial charge in [0.15, 0.2) is 0 Å². The van der Waals surface area contributed by atoms with Gasteiger partial charge < -0.3 is 5.73 Å². The predicted molar refractivity (Wildman–Crippen MR) is 80.2 cm³/mol. The molecule has 1 aromatic heterocycles. The van der Waals surface area contributed by atoms with Crippen molar-refractivity contribution in [2.45, 2.75) is 0 Å². The van der Waals surface area contributed by atoms with Crippen molar-refractivity contribution in [2.24, 2.45) is 0 Å². The molecule has 1 heterocycles. The van der Waals surface area contributed by atoms with Crippen LogP contribution in [0.15, 0.2) is 36.4 Å². The molecule has 98 valence electrons. The van der Waals surface area contributed by atoms with E-state index in [9.17, 15) is 5.26 Å². The summed E-state index contributed by atoms with van der Waals surface area (Å²) >= 11 is 12.2. The molecule has 2 aromatic carbocycles. The highest BCUT2D eigenvalue weighted by Crippen LogP contribution is 2.31. The van der Waals surface area contributed by atoms with E-state index in [1.807, 2.05) is 6.07 Å². The number of nitrogens with zero attached hydrogens (tertiary/aromatic N) is 3. The zero-order chi connectivity index (χ0) is 14.3. The second-order valence-corrected chi connectivity index (χ2v) is 5.03. The molecule has 0 aliphatic rings. The van der Waals surface area contributed by atoms with Gasteiger partial charge in [-0.05, 0) is 30.3 Å². The Kier molecular flexibility index (Phi) is 3.01. The minimum atomic E-state index is 0.256. The van der Waals surface area contributed by atoms with Crippen LogP contribution in [-0.4, -0.2) is 9.55 Å². The lowest BCUT2D eigenvalue weighted by Gasteiger charge is -2.09. The van der Waals surface area contributed by atoms with Crippen LogP contribution in [0, 0.1) is 11.3 Å². The zero-order valence-electron chi connectivity index (χ0n) is 10.1. The number of fused-ring (bicyclic) bond motifs is 1. The van der Waals surface area contributed by atoms with Crippen molar-refractivity contribution in [3.05, 3.63) is 52.0 Å². The van der Waals surface area contributed by atoms with Crippen molar-refractivity contribution < 1.29 is 0 Å². The molecule has 0 saturated heterocycles. The standard InChI is InChI=1S/C14H8Cl2N4/c15-9-5-4-8(7-17)12(6-9)20-13-10(16)2-1-3-11(13)19-14(20)18/h1-6H,(H2,18,19). The smallest absolute Gasteiger partial charge is 0.206 e. The van der Waals surface area contributed by atoms with E-state index in [-0.39, 0.29) is 5.95 Å². The second kappa shape index (κ2) is 4.71. The predicted octanol–water partition coefficient (Wildman–Crippen LogP) is 3.79. The van der Waals surface area contributed by atoms with Gasteiger partial charge in [0.1, 0.15) is 6.07 Å². The molecule has 0 amide bonds. The Balaban J connectivity index is 2.44. The number of nitrogen functional groups attached to an aromatic ring is 1. The SMILES string of the molecule is N#Cc1ccc(Cl)cc1-n1c(N)nc2cccc(Cl)c21. The first-order valence-corrected chi connectivity index (χ1v) is 6.50. The Labute approximate surface area is 125 Å². The van der Waals surface area contributed by atoms with Crippen molar-refractivity contribution in [2.75, 3.05) is 5.73 Å². The lowest BCUT2D eigenvalue weighted by Crippen LogP contribution is -2.03. The number of benzene rings is 2. The summed E-state index contributed by atoms with van der Waals surface area (Å²) in [7, 11) is 0. The molecule has 0 unspecified atom stereocenters. The molecule has 2 N–H and O–H groups in total. The van der Waals surface area contributed by atoms with E-state index in [4.69, 9.17) is 28.9 Å². The zero-order valence-corrected chi connectivity index (χ0v) is 11.7. The molecule has 0 fully saturated rings. The first-order valence-electron chi connectivity index (χ1n) is 5.74. The van der Waals surface area contributed by atoms with Gasteiger partial charge in [-0.2, -0.15) is 5.26 Å². The third-order valence-electron chi connectivity index (χ3n) is 2.97. The molecule has 0 aliphatic carbocycles. The average molecular weight is 303 g/mol. The molecule has 3 rings (SSSR count). The lowest BCUT2D eigenvalue weighted by atomic mass is 10.2. The third-order valence-corrected chi connectivity index (χ3v) is 3.51. The van der Waals surface area contributed by atoms with Gasteiger partial charge in [0.2, 0.25) is 5.95 Å². The normalized spacial score (nSPS) is 10.7. The molecule has 3 aromatic rings. The molecule has 4 nitrogen and oxygen atoms in total. The number of halogens is 2. The summed E-state index contributed by atoms with van der Waals surface area (Å²) in [5, 5.41) is 10.3. The summed E-state index contributed by atoms with van der Waals surface area (Å²) < 4.78 is 1.64. The Bertz CT molecular complexity index is 861. The molecule has 20 heavy (non-hydrogen) atoms. The molecule has 0 aliphatic heterocycles. The van der Waals surface area contributed by atoms with Crippen LogP contribution in [0.3, 0.4) is 0 Å². The van der Waals surface area contributed by atoms with E-state index in [0.29, 0.717) is 32.3 Å². The van der Waals surface area contributed by atoms with Crippen molar-refractivity contribution in [1.82, 2.24) is 9.55 Å². The number of aromatic nitrogens is 2. The fourth-order valence-electron chi connectivity index (χ4n) is 2.13. The number of hydrogen-bond acceptors (Lipinski definition) is 3. The van der Waals surface area contributed by atoms with E-state index in [2.05, 4.69) is 11.1 Å². The number of anilines is 1. The van der Waals surface area contributed by atoms with Gasteiger partial charge >= 0.3 is 0 Å². The van der Waals surface area contributed by atoms with E-state index in [1.54, 1.807) is 34.9 Å². The Morgan fingerprint density at radius 3 is 2.75 bits per heavy atom. The molecular weight excluding hydrogens is 295 g/mol. The first-order chi connectivity index (χ1) is 9.61. The topological polar surface area (TPSA) is 67.6 Å². The monoisotopic (exact) mass is 302 g/mol. The van der Waals surface area contributed by atoms with Crippen LogP contribution >= 0.6 is 23.2 Å². The third kappa shape index (κ3) is 1.88. The van der Waals surface area contributed by atoms with Crippen molar-refractivity contribution in [3.63, 3.8) is 0 Å². The van der Waals surface area contributed by atoms with Crippen molar-refractivity contribution >= 4 is 40.2 Å². The molecule has 0 spiro atoms. The second-order valence-electron chi connectivity index (χ2n) is 4.19. The van der Waals surface area contributed by atoms with Crippen molar-refractivity contribution in [1.29, 1.82) is 5.26 Å². The maximum atomic E-state index is 9.24. The van der Waals surface area contributed by atoms with Crippen LogP contribution in [0.2, 0.25) is 10.0 Å². The van der Waals surface area contributed by atoms with Gasteiger partial charge in [-0.1, -0.05) is 29.3 Å². The fraction of sp³-hybridized carbons (Fsp3) is 0. The molecule has 0 bridgehead atoms. The maximum Gasteiger partial charge on any atom is 0.206 e. The van der Waals surface area contributed by atoms with Gasteiger partial charge in [-0.3, -0.25) is 4.57 Å². The minimum absolute atomic E-state index is 0.256. The Morgan fingerprint density at radius 2 is 2.00 bits per heavy atom.